The molecular weight excluding hydrogens is 381 g/mol. The van der Waals surface area contributed by atoms with Crippen molar-refractivity contribution in [2.24, 2.45) is 0 Å². The normalized spacial score (nSPS) is 11.1. The van der Waals surface area contributed by atoms with E-state index in [0.717, 1.165) is 12.2 Å². The molecule has 3 nitrogen and oxygen atoms in total. The lowest BCUT2D eigenvalue weighted by Gasteiger charge is -2.11. The largest absolute Gasteiger partial charge is 0.341 e. The maximum Gasteiger partial charge on any atom is 0.175 e. The number of para-hydroxylation sites is 1. The molecule has 0 atom stereocenters. The van der Waals surface area contributed by atoms with Crippen LogP contribution >= 0.6 is 23.8 Å². The molecule has 0 radical (unpaired) electrons. The lowest BCUT2D eigenvalue weighted by molar-refractivity contribution is 0.628. The fourth-order valence-electron chi connectivity index (χ4n) is 3.34. The van der Waals surface area contributed by atoms with E-state index in [1.165, 1.54) is 33.9 Å². The van der Waals surface area contributed by atoms with Crippen LogP contribution in [0.2, 0.25) is 5.02 Å². The van der Waals surface area contributed by atoms with Gasteiger partial charge in [0.05, 0.1) is 5.02 Å². The Morgan fingerprint density at radius 2 is 1.63 bits per heavy atom. The van der Waals surface area contributed by atoms with Crippen molar-refractivity contribution < 1.29 is 4.39 Å². The molecule has 4 rings (SSSR count). The molecule has 0 fully saturated rings. The molecule has 4 aromatic rings. The van der Waals surface area contributed by atoms with E-state index in [1.807, 2.05) is 12.1 Å². The molecule has 2 N–H and O–H groups in total. The minimum atomic E-state index is -0.459. The number of fused-ring (bicyclic) bond motifs is 3. The van der Waals surface area contributed by atoms with Gasteiger partial charge in [0, 0.05) is 39.7 Å². The molecule has 6 heteroatoms. The molecular formula is C21H17ClFN3S. The zero-order valence-electron chi connectivity index (χ0n) is 14.6. The van der Waals surface area contributed by atoms with Crippen LogP contribution in [0.4, 0.5) is 15.8 Å². The molecule has 0 saturated heterocycles. The number of nitrogens with zero attached hydrogens (tertiary/aromatic N) is 1. The Kier molecular flexibility index (Phi) is 4.72. The number of hydrogen-bond donors (Lipinski definition) is 2. The standard InChI is InChI=1S/C21H17ClFN3S/c1-2-26-19-6-4-3-5-15(19)16-11-13(8-10-20(16)26)24-21(27)25-14-7-9-18(23)17(22)12-14/h3-12H,2H2,1H3,(H2,24,25,27). The predicted molar refractivity (Wildman–Crippen MR) is 116 cm³/mol. The van der Waals surface area contributed by atoms with Crippen LogP contribution in [-0.4, -0.2) is 9.68 Å². The van der Waals surface area contributed by atoms with Gasteiger partial charge in [0.15, 0.2) is 5.11 Å². The quantitative estimate of drug-likeness (QED) is 0.391. The molecule has 0 spiro atoms. The average molecular weight is 398 g/mol. The first-order chi connectivity index (χ1) is 13.1. The van der Waals surface area contributed by atoms with Crippen molar-refractivity contribution in [3.05, 3.63) is 71.5 Å². The van der Waals surface area contributed by atoms with Crippen molar-refractivity contribution in [3.63, 3.8) is 0 Å². The van der Waals surface area contributed by atoms with E-state index in [4.69, 9.17) is 23.8 Å². The third-order valence-corrected chi connectivity index (χ3v) is 5.02. The van der Waals surface area contributed by atoms with Crippen molar-refractivity contribution in [2.75, 3.05) is 10.6 Å². The summed E-state index contributed by atoms with van der Waals surface area (Å²) in [6, 6.07) is 19.0. The molecule has 27 heavy (non-hydrogen) atoms. The number of nitrogens with one attached hydrogen (secondary N) is 2. The predicted octanol–water partition coefficient (Wildman–Crippen LogP) is 6.42. The van der Waals surface area contributed by atoms with Crippen LogP contribution in [0, 0.1) is 5.82 Å². The van der Waals surface area contributed by atoms with E-state index in [9.17, 15) is 4.39 Å². The van der Waals surface area contributed by atoms with Crippen LogP contribution < -0.4 is 10.6 Å². The number of thiocarbonyl (C=S) groups is 1. The molecule has 136 valence electrons. The summed E-state index contributed by atoms with van der Waals surface area (Å²) in [7, 11) is 0. The summed E-state index contributed by atoms with van der Waals surface area (Å²) in [5.74, 6) is -0.459. The van der Waals surface area contributed by atoms with Crippen molar-refractivity contribution in [2.45, 2.75) is 13.5 Å². The minimum Gasteiger partial charge on any atom is -0.341 e. The summed E-state index contributed by atoms with van der Waals surface area (Å²) in [6.45, 7) is 3.05. The second-order valence-corrected chi connectivity index (χ2v) is 7.02. The van der Waals surface area contributed by atoms with Crippen LogP contribution in [0.5, 0.6) is 0 Å². The van der Waals surface area contributed by atoms with E-state index in [2.05, 4.69) is 52.5 Å². The van der Waals surface area contributed by atoms with Gasteiger partial charge in [0.1, 0.15) is 5.82 Å². The highest BCUT2D eigenvalue weighted by Gasteiger charge is 2.10. The van der Waals surface area contributed by atoms with E-state index in [-0.39, 0.29) is 5.02 Å². The fourth-order valence-corrected chi connectivity index (χ4v) is 3.76. The first-order valence-electron chi connectivity index (χ1n) is 8.61. The molecule has 0 amide bonds. The molecule has 0 aliphatic heterocycles. The molecule has 0 aliphatic rings. The first-order valence-corrected chi connectivity index (χ1v) is 9.39. The van der Waals surface area contributed by atoms with Gasteiger partial charge < -0.3 is 15.2 Å². The number of aromatic nitrogens is 1. The van der Waals surface area contributed by atoms with Gasteiger partial charge in [-0.2, -0.15) is 0 Å². The van der Waals surface area contributed by atoms with Crippen LogP contribution in [0.1, 0.15) is 6.92 Å². The lowest BCUT2D eigenvalue weighted by Crippen LogP contribution is -2.19. The zero-order valence-corrected chi connectivity index (χ0v) is 16.2. The molecule has 0 saturated carbocycles. The Bertz CT molecular complexity index is 1170. The summed E-state index contributed by atoms with van der Waals surface area (Å²) < 4.78 is 15.6. The topological polar surface area (TPSA) is 29.0 Å². The molecule has 1 aromatic heterocycles. The van der Waals surface area contributed by atoms with Gasteiger partial charge in [-0.15, -0.1) is 0 Å². The van der Waals surface area contributed by atoms with E-state index in [1.54, 1.807) is 6.07 Å². The molecule has 3 aromatic carbocycles. The van der Waals surface area contributed by atoms with E-state index < -0.39 is 5.82 Å². The summed E-state index contributed by atoms with van der Waals surface area (Å²) in [5.41, 5.74) is 3.91. The summed E-state index contributed by atoms with van der Waals surface area (Å²) in [4.78, 5) is 0. The first kappa shape index (κ1) is 17.8. The fraction of sp³-hybridized carbons (Fsp3) is 0.0952. The molecule has 0 aliphatic carbocycles. The summed E-state index contributed by atoms with van der Waals surface area (Å²) in [5, 5.41) is 9.05. The van der Waals surface area contributed by atoms with Crippen LogP contribution in [0.3, 0.4) is 0 Å². The minimum absolute atomic E-state index is 0.0524. The van der Waals surface area contributed by atoms with Gasteiger partial charge in [-0.05, 0) is 61.6 Å². The number of aryl methyl sites for hydroxylation is 1. The second kappa shape index (κ2) is 7.18. The van der Waals surface area contributed by atoms with Crippen molar-refractivity contribution in [1.82, 2.24) is 4.57 Å². The third kappa shape index (κ3) is 3.36. The summed E-state index contributed by atoms with van der Waals surface area (Å²) in [6.07, 6.45) is 0. The average Bonchev–Trinajstić information content (AvgIpc) is 2.98. The Balaban J connectivity index is 1.63. The maximum atomic E-state index is 13.3. The monoisotopic (exact) mass is 397 g/mol. The highest BCUT2D eigenvalue weighted by atomic mass is 35.5. The number of benzene rings is 3. The van der Waals surface area contributed by atoms with Crippen LogP contribution in [0.15, 0.2) is 60.7 Å². The van der Waals surface area contributed by atoms with Gasteiger partial charge in [-0.3, -0.25) is 0 Å². The van der Waals surface area contributed by atoms with Crippen molar-refractivity contribution in [3.8, 4) is 0 Å². The van der Waals surface area contributed by atoms with Crippen molar-refractivity contribution in [1.29, 1.82) is 0 Å². The highest BCUT2D eigenvalue weighted by molar-refractivity contribution is 7.80. The Labute approximate surface area is 166 Å². The zero-order chi connectivity index (χ0) is 19.0. The number of halogens is 2. The molecule has 0 bridgehead atoms. The van der Waals surface area contributed by atoms with Crippen molar-refractivity contribution >= 4 is 62.1 Å². The number of anilines is 2. The van der Waals surface area contributed by atoms with Crippen LogP contribution in [0.25, 0.3) is 21.8 Å². The Morgan fingerprint density at radius 3 is 2.37 bits per heavy atom. The maximum absolute atomic E-state index is 13.3. The number of hydrogen-bond acceptors (Lipinski definition) is 1. The smallest absolute Gasteiger partial charge is 0.175 e. The van der Waals surface area contributed by atoms with Crippen LogP contribution in [-0.2, 0) is 6.54 Å². The molecule has 1 heterocycles. The SMILES string of the molecule is CCn1c2ccccc2c2cc(NC(=S)Nc3ccc(F)c(Cl)c3)ccc21. The number of rotatable bonds is 3. The van der Waals surface area contributed by atoms with Gasteiger partial charge >= 0.3 is 0 Å². The van der Waals surface area contributed by atoms with Gasteiger partial charge in [0.25, 0.3) is 0 Å². The van der Waals surface area contributed by atoms with E-state index >= 15 is 0 Å². The highest BCUT2D eigenvalue weighted by Crippen LogP contribution is 2.31. The third-order valence-electron chi connectivity index (χ3n) is 4.52. The lowest BCUT2D eigenvalue weighted by atomic mass is 10.1. The van der Waals surface area contributed by atoms with E-state index in [0.29, 0.717) is 10.8 Å². The van der Waals surface area contributed by atoms with Gasteiger partial charge in [-0.1, -0.05) is 29.8 Å². The summed E-state index contributed by atoms with van der Waals surface area (Å²) >= 11 is 11.2. The second-order valence-electron chi connectivity index (χ2n) is 6.20. The van der Waals surface area contributed by atoms with Gasteiger partial charge in [0.2, 0.25) is 0 Å². The molecule has 0 unspecified atom stereocenters. The van der Waals surface area contributed by atoms with Gasteiger partial charge in [-0.25, -0.2) is 4.39 Å². The Morgan fingerprint density at radius 1 is 0.963 bits per heavy atom. The Hall–Kier alpha value is -2.63.